The van der Waals surface area contributed by atoms with E-state index < -0.39 is 12.2 Å². The average Bonchev–Trinajstić information content (AvgIpc) is 3.13. The maximum Gasteiger partial charge on any atom is 0.157 e. The average molecular weight is 359 g/mol. The highest BCUT2D eigenvalue weighted by atomic mass is 35.5. The molecule has 2 heterocycles. The summed E-state index contributed by atoms with van der Waals surface area (Å²) < 4.78 is 1.71. The highest BCUT2D eigenvalue weighted by molar-refractivity contribution is 6.30. The van der Waals surface area contributed by atoms with Gasteiger partial charge in [-0.05, 0) is 30.5 Å². The fourth-order valence-electron chi connectivity index (χ4n) is 3.38. The largest absolute Gasteiger partial charge is 0.390 e. The molecule has 25 heavy (non-hydrogen) atoms. The van der Waals surface area contributed by atoms with Gasteiger partial charge in [-0.25, -0.2) is 4.98 Å². The van der Waals surface area contributed by atoms with E-state index in [0.29, 0.717) is 17.1 Å². The van der Waals surface area contributed by atoms with Crippen molar-refractivity contribution < 1.29 is 10.2 Å². The number of anilines is 1. The molecule has 0 aliphatic heterocycles. The van der Waals surface area contributed by atoms with Crippen LogP contribution in [0.3, 0.4) is 0 Å². The normalized spacial score (nSPS) is 26.2. The van der Waals surface area contributed by atoms with Crippen LogP contribution in [-0.2, 0) is 0 Å². The molecule has 0 unspecified atom stereocenters. The molecule has 130 valence electrons. The van der Waals surface area contributed by atoms with Gasteiger partial charge in [-0.15, -0.1) is 0 Å². The van der Waals surface area contributed by atoms with Crippen molar-refractivity contribution in [3.05, 3.63) is 47.6 Å². The molecule has 0 bridgehead atoms. The topological polar surface area (TPSA) is 82.7 Å². The minimum atomic E-state index is -0.804. The molecule has 2 aromatic heterocycles. The maximum absolute atomic E-state index is 10.2. The summed E-state index contributed by atoms with van der Waals surface area (Å²) in [5, 5.41) is 28.7. The Labute approximate surface area is 150 Å². The first-order valence-corrected chi connectivity index (χ1v) is 8.64. The van der Waals surface area contributed by atoms with E-state index in [9.17, 15) is 10.2 Å². The minimum Gasteiger partial charge on any atom is -0.390 e. The number of hydrogen-bond acceptors (Lipinski definition) is 5. The van der Waals surface area contributed by atoms with Crippen LogP contribution >= 0.6 is 11.6 Å². The Morgan fingerprint density at radius 1 is 1.20 bits per heavy atom. The molecule has 1 aliphatic rings. The number of halogens is 1. The lowest BCUT2D eigenvalue weighted by molar-refractivity contribution is 0.0210. The SMILES string of the molecule is C[C@@H]1C[C@@H](Nc2ccnc3cc(-c4cccc(Cl)c4)nn23)[C@H](O)[C@@H]1O. The molecular weight excluding hydrogens is 340 g/mol. The third kappa shape index (κ3) is 2.97. The lowest BCUT2D eigenvalue weighted by Crippen LogP contribution is -2.35. The van der Waals surface area contributed by atoms with Gasteiger partial charge in [0.05, 0.1) is 17.8 Å². The molecule has 7 heteroatoms. The van der Waals surface area contributed by atoms with E-state index >= 15 is 0 Å². The summed E-state index contributed by atoms with van der Waals surface area (Å²) in [6.07, 6.45) is 0.868. The Morgan fingerprint density at radius 2 is 2.04 bits per heavy atom. The predicted molar refractivity (Wildman–Crippen MR) is 96.6 cm³/mol. The third-order valence-corrected chi connectivity index (χ3v) is 5.02. The molecule has 0 saturated heterocycles. The van der Waals surface area contributed by atoms with E-state index in [1.54, 1.807) is 10.7 Å². The van der Waals surface area contributed by atoms with Crippen molar-refractivity contribution in [2.45, 2.75) is 31.6 Å². The van der Waals surface area contributed by atoms with Gasteiger partial charge in [-0.2, -0.15) is 9.61 Å². The second-order valence-corrected chi connectivity index (χ2v) is 7.02. The number of aromatic nitrogens is 3. The van der Waals surface area contributed by atoms with Gasteiger partial charge in [0.25, 0.3) is 0 Å². The van der Waals surface area contributed by atoms with Crippen molar-refractivity contribution in [3.8, 4) is 11.3 Å². The van der Waals surface area contributed by atoms with E-state index in [-0.39, 0.29) is 12.0 Å². The summed E-state index contributed by atoms with van der Waals surface area (Å²) in [7, 11) is 0. The second kappa shape index (κ2) is 6.29. The number of aliphatic hydroxyl groups excluding tert-OH is 2. The number of hydrogen-bond donors (Lipinski definition) is 3. The zero-order chi connectivity index (χ0) is 17.6. The van der Waals surface area contributed by atoms with Gasteiger partial charge in [0, 0.05) is 22.8 Å². The summed E-state index contributed by atoms with van der Waals surface area (Å²) >= 11 is 6.07. The second-order valence-electron chi connectivity index (χ2n) is 6.59. The number of rotatable bonds is 3. The van der Waals surface area contributed by atoms with Gasteiger partial charge in [-0.1, -0.05) is 30.7 Å². The summed E-state index contributed by atoms with van der Waals surface area (Å²) in [4.78, 5) is 4.35. The number of aliphatic hydroxyl groups is 2. The zero-order valence-electron chi connectivity index (χ0n) is 13.7. The zero-order valence-corrected chi connectivity index (χ0v) is 14.4. The Balaban J connectivity index is 1.69. The maximum atomic E-state index is 10.2. The predicted octanol–water partition coefficient (Wildman–Crippen LogP) is 2.59. The highest BCUT2D eigenvalue weighted by Gasteiger charge is 2.39. The molecule has 1 aromatic carbocycles. The van der Waals surface area contributed by atoms with Gasteiger partial charge in [0.1, 0.15) is 11.9 Å². The van der Waals surface area contributed by atoms with Crippen LogP contribution in [0.25, 0.3) is 16.9 Å². The number of fused-ring (bicyclic) bond motifs is 1. The number of benzene rings is 1. The van der Waals surface area contributed by atoms with Crippen LogP contribution < -0.4 is 5.32 Å². The highest BCUT2D eigenvalue weighted by Crippen LogP contribution is 2.29. The third-order valence-electron chi connectivity index (χ3n) is 4.78. The summed E-state index contributed by atoms with van der Waals surface area (Å²) in [5.74, 6) is 0.771. The van der Waals surface area contributed by atoms with Crippen LogP contribution in [0.2, 0.25) is 5.02 Å². The first-order valence-electron chi connectivity index (χ1n) is 8.26. The van der Waals surface area contributed by atoms with Crippen molar-refractivity contribution in [3.63, 3.8) is 0 Å². The van der Waals surface area contributed by atoms with Gasteiger partial charge < -0.3 is 15.5 Å². The molecule has 3 N–H and O–H groups in total. The van der Waals surface area contributed by atoms with Crippen molar-refractivity contribution in [2.75, 3.05) is 5.32 Å². The molecule has 1 fully saturated rings. The van der Waals surface area contributed by atoms with Crippen molar-refractivity contribution in [2.24, 2.45) is 5.92 Å². The van der Waals surface area contributed by atoms with Crippen molar-refractivity contribution in [1.29, 1.82) is 0 Å². The van der Waals surface area contributed by atoms with Gasteiger partial charge in [-0.3, -0.25) is 0 Å². The lowest BCUT2D eigenvalue weighted by Gasteiger charge is -2.19. The van der Waals surface area contributed by atoms with Crippen LogP contribution in [0.1, 0.15) is 13.3 Å². The van der Waals surface area contributed by atoms with E-state index in [0.717, 1.165) is 17.1 Å². The summed E-state index contributed by atoms with van der Waals surface area (Å²) in [5.41, 5.74) is 2.37. The van der Waals surface area contributed by atoms with Gasteiger partial charge in [0.15, 0.2) is 5.65 Å². The monoisotopic (exact) mass is 358 g/mol. The summed E-state index contributed by atoms with van der Waals surface area (Å²) in [6.45, 7) is 1.93. The van der Waals surface area contributed by atoms with Gasteiger partial charge >= 0.3 is 0 Å². The van der Waals surface area contributed by atoms with Crippen LogP contribution in [0, 0.1) is 5.92 Å². The fraction of sp³-hybridized carbons (Fsp3) is 0.333. The molecule has 1 aliphatic carbocycles. The molecule has 0 spiro atoms. The fourth-order valence-corrected chi connectivity index (χ4v) is 3.57. The van der Waals surface area contributed by atoms with Crippen molar-refractivity contribution >= 4 is 23.1 Å². The minimum absolute atomic E-state index is 0.0458. The molecule has 4 atom stereocenters. The first-order chi connectivity index (χ1) is 12.0. The van der Waals surface area contributed by atoms with Gasteiger partial charge in [0.2, 0.25) is 0 Å². The standard InChI is InChI=1S/C18H19ClN4O2/c1-10-7-14(18(25)17(10)24)21-15-5-6-20-16-9-13(22-23(15)16)11-3-2-4-12(19)8-11/h2-6,8-10,14,17-18,21,24-25H,7H2,1H3/t10-,14-,17-,18+/m1/s1. The Morgan fingerprint density at radius 3 is 2.76 bits per heavy atom. The molecular formula is C18H19ClN4O2. The van der Waals surface area contributed by atoms with Crippen LogP contribution in [0.4, 0.5) is 5.82 Å². The molecule has 3 aromatic rings. The van der Waals surface area contributed by atoms with E-state index in [1.165, 1.54) is 0 Å². The molecule has 6 nitrogen and oxygen atoms in total. The number of nitrogens with one attached hydrogen (secondary N) is 1. The molecule has 0 radical (unpaired) electrons. The molecule has 1 saturated carbocycles. The van der Waals surface area contributed by atoms with E-state index in [2.05, 4.69) is 15.4 Å². The summed E-state index contributed by atoms with van der Waals surface area (Å²) in [6, 6.07) is 11.0. The first kappa shape index (κ1) is 16.3. The molecule has 0 amide bonds. The quantitative estimate of drug-likeness (QED) is 0.670. The smallest absolute Gasteiger partial charge is 0.157 e. The number of nitrogens with zero attached hydrogens (tertiary/aromatic N) is 3. The Hall–Kier alpha value is -2.15. The van der Waals surface area contributed by atoms with Crippen molar-refractivity contribution in [1.82, 2.24) is 14.6 Å². The lowest BCUT2D eigenvalue weighted by atomic mass is 10.1. The van der Waals surface area contributed by atoms with E-state index in [4.69, 9.17) is 11.6 Å². The van der Waals surface area contributed by atoms with Crippen LogP contribution in [0.15, 0.2) is 42.6 Å². The van der Waals surface area contributed by atoms with Crippen LogP contribution in [-0.4, -0.2) is 43.1 Å². The van der Waals surface area contributed by atoms with E-state index in [1.807, 2.05) is 43.3 Å². The Kier molecular flexibility index (Phi) is 4.11. The molecule has 4 rings (SSSR count). The van der Waals surface area contributed by atoms with Crippen LogP contribution in [0.5, 0.6) is 0 Å². The Bertz CT molecular complexity index is 913.